The van der Waals surface area contributed by atoms with Crippen LogP contribution in [0.3, 0.4) is 0 Å². The maximum Gasteiger partial charge on any atom is 0.320 e. The van der Waals surface area contributed by atoms with Crippen molar-refractivity contribution in [2.45, 2.75) is 181 Å². The second-order valence-corrected chi connectivity index (χ2v) is 12.6. The van der Waals surface area contributed by atoms with Crippen LogP contribution in [0.15, 0.2) is 0 Å². The van der Waals surface area contributed by atoms with Crippen molar-refractivity contribution in [3.63, 3.8) is 0 Å². The number of esters is 4. The number of carbonyl (C=O) groups is 4. The zero-order chi connectivity index (χ0) is 34.1. The van der Waals surface area contributed by atoms with Crippen molar-refractivity contribution in [1.29, 1.82) is 0 Å². The van der Waals surface area contributed by atoms with E-state index in [0.29, 0.717) is 6.42 Å². The van der Waals surface area contributed by atoms with Crippen LogP contribution in [0.25, 0.3) is 0 Å². The Hall–Kier alpha value is -2.16. The maximum absolute atomic E-state index is 12.5. The van der Waals surface area contributed by atoms with E-state index in [1.165, 1.54) is 103 Å². The van der Waals surface area contributed by atoms with Crippen molar-refractivity contribution in [2.75, 3.05) is 26.4 Å². The van der Waals surface area contributed by atoms with E-state index < -0.39 is 29.9 Å². The van der Waals surface area contributed by atoms with Crippen molar-refractivity contribution in [2.24, 2.45) is 5.92 Å². The summed E-state index contributed by atoms with van der Waals surface area (Å²) in [6.07, 6.45) is 25.5. The Bertz CT molecular complexity index is 755. The molecule has 0 radical (unpaired) electrons. The zero-order valence-corrected chi connectivity index (χ0v) is 29.7. The number of unbranched alkanes of at least 4 members (excludes halogenated alkanes) is 20. The Morgan fingerprint density at radius 2 is 0.870 bits per heavy atom. The van der Waals surface area contributed by atoms with Crippen LogP contribution >= 0.6 is 0 Å². The summed E-state index contributed by atoms with van der Waals surface area (Å²) in [6.45, 7) is 4.66. The normalized spacial score (nSPS) is 12.3. The molecule has 0 aromatic heterocycles. The van der Waals surface area contributed by atoms with E-state index in [1.54, 1.807) is 0 Å². The van der Waals surface area contributed by atoms with Crippen molar-refractivity contribution in [3.05, 3.63) is 0 Å². The van der Waals surface area contributed by atoms with Crippen LogP contribution in [0.4, 0.5) is 0 Å². The van der Waals surface area contributed by atoms with Gasteiger partial charge >= 0.3 is 23.9 Å². The lowest BCUT2D eigenvalue weighted by Crippen LogP contribution is -2.33. The van der Waals surface area contributed by atoms with E-state index in [-0.39, 0.29) is 45.2 Å². The summed E-state index contributed by atoms with van der Waals surface area (Å²) in [4.78, 5) is 49.2. The van der Waals surface area contributed by atoms with E-state index in [2.05, 4.69) is 13.8 Å². The Balaban J connectivity index is 4.44. The van der Waals surface area contributed by atoms with Crippen LogP contribution in [-0.2, 0) is 38.1 Å². The second-order valence-electron chi connectivity index (χ2n) is 12.6. The van der Waals surface area contributed by atoms with Crippen molar-refractivity contribution in [1.82, 2.24) is 0 Å². The molecule has 0 aliphatic carbocycles. The largest absolute Gasteiger partial charge is 0.463 e. The fraction of sp³-hybridized carbons (Fsp3) is 0.892. The summed E-state index contributed by atoms with van der Waals surface area (Å²) in [5.74, 6) is -3.68. The Labute approximate surface area is 280 Å². The van der Waals surface area contributed by atoms with Crippen LogP contribution in [0.2, 0.25) is 0 Å². The van der Waals surface area contributed by atoms with Crippen molar-refractivity contribution in [3.8, 4) is 0 Å². The second kappa shape index (κ2) is 32.8. The monoisotopic (exact) mass is 656 g/mol. The molecule has 0 heterocycles. The summed E-state index contributed by atoms with van der Waals surface area (Å²) in [5, 5.41) is 8.82. The lowest BCUT2D eigenvalue weighted by Gasteiger charge is -2.19. The molecule has 0 aromatic rings. The van der Waals surface area contributed by atoms with Gasteiger partial charge in [-0.1, -0.05) is 142 Å². The van der Waals surface area contributed by atoms with Crippen LogP contribution in [0.1, 0.15) is 175 Å². The van der Waals surface area contributed by atoms with Gasteiger partial charge in [-0.3, -0.25) is 19.2 Å². The predicted molar refractivity (Wildman–Crippen MR) is 181 cm³/mol. The molecule has 0 aromatic carbocycles. The fourth-order valence-electron chi connectivity index (χ4n) is 5.15. The smallest absolute Gasteiger partial charge is 0.320 e. The van der Waals surface area contributed by atoms with Crippen LogP contribution < -0.4 is 0 Å². The topological polar surface area (TPSA) is 125 Å². The van der Waals surface area contributed by atoms with E-state index in [1.807, 2.05) is 0 Å². The molecule has 0 saturated carbocycles. The van der Waals surface area contributed by atoms with Gasteiger partial charge in [0.05, 0.1) is 6.61 Å². The molecule has 0 rings (SSSR count). The third kappa shape index (κ3) is 28.1. The molecular weight excluding hydrogens is 588 g/mol. The lowest BCUT2D eigenvalue weighted by atomic mass is 10.1. The number of ether oxygens (including phenoxy) is 4. The minimum atomic E-state index is -1.21. The molecule has 0 spiro atoms. The summed E-state index contributed by atoms with van der Waals surface area (Å²) >= 11 is 0. The molecule has 270 valence electrons. The summed E-state index contributed by atoms with van der Waals surface area (Å²) in [7, 11) is 0. The molecule has 9 heteroatoms. The van der Waals surface area contributed by atoms with E-state index in [0.717, 1.165) is 38.5 Å². The first-order chi connectivity index (χ1) is 22.3. The minimum Gasteiger partial charge on any atom is -0.463 e. The van der Waals surface area contributed by atoms with Gasteiger partial charge in [-0.2, -0.15) is 0 Å². The number of hydrogen-bond acceptors (Lipinski definition) is 9. The number of rotatable bonds is 33. The van der Waals surface area contributed by atoms with E-state index in [9.17, 15) is 19.2 Å². The van der Waals surface area contributed by atoms with Crippen molar-refractivity contribution < 1.29 is 43.2 Å². The molecule has 0 saturated heterocycles. The van der Waals surface area contributed by atoms with Gasteiger partial charge in [0.2, 0.25) is 0 Å². The highest BCUT2D eigenvalue weighted by atomic mass is 16.6. The zero-order valence-electron chi connectivity index (χ0n) is 29.7. The van der Waals surface area contributed by atoms with Gasteiger partial charge in [-0.25, -0.2) is 0 Å². The van der Waals surface area contributed by atoms with Crippen LogP contribution in [0, 0.1) is 5.92 Å². The molecule has 0 amide bonds. The van der Waals surface area contributed by atoms with Crippen LogP contribution in [0.5, 0.6) is 0 Å². The average molecular weight is 657 g/mol. The fourth-order valence-corrected chi connectivity index (χ4v) is 5.15. The molecule has 0 bridgehead atoms. The van der Waals surface area contributed by atoms with Gasteiger partial charge in [0.1, 0.15) is 19.8 Å². The predicted octanol–water partition coefficient (Wildman–Crippen LogP) is 8.56. The van der Waals surface area contributed by atoms with E-state index in [4.69, 9.17) is 24.1 Å². The quantitative estimate of drug-likeness (QED) is 0.0320. The average Bonchev–Trinajstić information content (AvgIpc) is 3.05. The molecule has 0 fully saturated rings. The highest BCUT2D eigenvalue weighted by Gasteiger charge is 2.27. The Morgan fingerprint density at radius 1 is 0.500 bits per heavy atom. The first-order valence-corrected chi connectivity index (χ1v) is 18.6. The highest BCUT2D eigenvalue weighted by molar-refractivity contribution is 5.94. The number of carbonyl (C=O) groups excluding carboxylic acids is 4. The van der Waals surface area contributed by atoms with E-state index >= 15 is 0 Å². The maximum atomic E-state index is 12.5. The molecule has 2 atom stereocenters. The summed E-state index contributed by atoms with van der Waals surface area (Å²) in [6, 6.07) is 0. The van der Waals surface area contributed by atoms with Crippen molar-refractivity contribution >= 4 is 23.9 Å². The summed E-state index contributed by atoms with van der Waals surface area (Å²) < 4.78 is 20.9. The minimum absolute atomic E-state index is 0.217. The van der Waals surface area contributed by atoms with Gasteiger partial charge in [0, 0.05) is 12.8 Å². The third-order valence-electron chi connectivity index (χ3n) is 8.15. The molecule has 0 aliphatic heterocycles. The third-order valence-corrected chi connectivity index (χ3v) is 8.15. The number of aliphatic hydroxyl groups excluding tert-OH is 1. The molecular formula is C37H68O9. The number of hydrogen-bond donors (Lipinski definition) is 1. The Kier molecular flexibility index (Phi) is 31.2. The molecule has 46 heavy (non-hydrogen) atoms. The molecule has 1 N–H and O–H groups in total. The SMILES string of the molecule is CCCCCCCCCCCCCC(=O)OCC(COC(=O)C(C)C(=O)OCCO)OC(=O)CCCCCCCCCCCCC. The molecule has 2 unspecified atom stereocenters. The first-order valence-electron chi connectivity index (χ1n) is 18.6. The lowest BCUT2D eigenvalue weighted by molar-refractivity contribution is -0.171. The van der Waals surface area contributed by atoms with Gasteiger partial charge in [-0.05, 0) is 19.8 Å². The van der Waals surface area contributed by atoms with Crippen LogP contribution in [-0.4, -0.2) is 61.5 Å². The summed E-state index contributed by atoms with van der Waals surface area (Å²) in [5.41, 5.74) is 0. The molecule has 0 aliphatic rings. The molecule has 9 nitrogen and oxygen atoms in total. The van der Waals surface area contributed by atoms with Gasteiger partial charge in [-0.15, -0.1) is 0 Å². The number of aliphatic hydroxyl groups is 1. The first kappa shape index (κ1) is 43.8. The highest BCUT2D eigenvalue weighted by Crippen LogP contribution is 2.14. The van der Waals surface area contributed by atoms with Gasteiger partial charge in [0.25, 0.3) is 0 Å². The Morgan fingerprint density at radius 3 is 1.30 bits per heavy atom. The van der Waals surface area contributed by atoms with Gasteiger partial charge in [0.15, 0.2) is 12.0 Å². The standard InChI is InChI=1S/C37H68O9/c1-4-6-8-10-12-14-16-18-20-22-24-26-34(39)44-30-33(31-45-37(42)32(3)36(41)43-29-28-38)46-35(40)27-25-23-21-19-17-15-13-11-9-7-5-2/h32-33,38H,4-31H2,1-3H3. The van der Waals surface area contributed by atoms with Gasteiger partial charge < -0.3 is 24.1 Å².